The molecule has 0 spiro atoms. The second-order valence-electron chi connectivity index (χ2n) is 4.56. The maximum atomic E-state index is 5.67. The molecule has 94 valence electrons. The van der Waals surface area contributed by atoms with Crippen molar-refractivity contribution in [2.24, 2.45) is 0 Å². The third-order valence-electron chi connectivity index (χ3n) is 3.06. The number of aromatic nitrogens is 2. The molecule has 1 unspecified atom stereocenters. The summed E-state index contributed by atoms with van der Waals surface area (Å²) in [5.74, 6) is 1.23. The van der Waals surface area contributed by atoms with E-state index in [9.17, 15) is 0 Å². The Hall–Kier alpha value is -0.880. The van der Waals surface area contributed by atoms with Crippen molar-refractivity contribution in [3.8, 4) is 0 Å². The molecule has 6 heteroatoms. The minimum Gasteiger partial charge on any atom is -0.368 e. The average molecular weight is 300 g/mol. The lowest BCUT2D eigenvalue weighted by Crippen LogP contribution is -2.38. The number of likely N-dealkylation sites (N-methyl/N-ethyl adjacent to an activating group) is 1. The zero-order chi connectivity index (χ0) is 12.4. The van der Waals surface area contributed by atoms with Crippen LogP contribution in [0.25, 0.3) is 0 Å². The molecule has 2 heterocycles. The fourth-order valence-corrected chi connectivity index (χ4v) is 2.68. The summed E-state index contributed by atoms with van der Waals surface area (Å²) in [4.78, 5) is 13.0. The van der Waals surface area contributed by atoms with Gasteiger partial charge in [0.1, 0.15) is 5.82 Å². The van der Waals surface area contributed by atoms with Crippen LogP contribution < -0.4 is 10.6 Å². The third-order valence-corrected chi connectivity index (χ3v) is 3.62. The molecule has 17 heavy (non-hydrogen) atoms. The predicted molar refractivity (Wildman–Crippen MR) is 73.1 cm³/mol. The molecule has 0 saturated carbocycles. The van der Waals surface area contributed by atoms with E-state index in [2.05, 4.69) is 49.7 Å². The van der Waals surface area contributed by atoms with E-state index in [-0.39, 0.29) is 0 Å². The van der Waals surface area contributed by atoms with E-state index < -0.39 is 0 Å². The Kier molecular flexibility index (Phi) is 3.83. The third kappa shape index (κ3) is 2.87. The minimum absolute atomic E-state index is 0.327. The molecule has 1 aromatic rings. The first kappa shape index (κ1) is 12.6. The van der Waals surface area contributed by atoms with Gasteiger partial charge < -0.3 is 15.5 Å². The van der Waals surface area contributed by atoms with Crippen LogP contribution in [0.2, 0.25) is 0 Å². The van der Waals surface area contributed by atoms with Crippen LogP contribution >= 0.6 is 15.9 Å². The van der Waals surface area contributed by atoms with Gasteiger partial charge in [0.2, 0.25) is 5.95 Å². The molecule has 2 rings (SSSR count). The van der Waals surface area contributed by atoms with Gasteiger partial charge in [-0.2, -0.15) is 4.98 Å². The summed E-state index contributed by atoms with van der Waals surface area (Å²) in [6.07, 6.45) is 2.86. The first-order chi connectivity index (χ1) is 8.08. The number of nitrogens with two attached hydrogens (primary N) is 1. The zero-order valence-electron chi connectivity index (χ0n) is 10.2. The van der Waals surface area contributed by atoms with Gasteiger partial charge in [0.25, 0.3) is 0 Å². The van der Waals surface area contributed by atoms with Gasteiger partial charge in [0.15, 0.2) is 0 Å². The lowest BCUT2D eigenvalue weighted by atomic mass is 10.2. The smallest absolute Gasteiger partial charge is 0.222 e. The Balaban J connectivity index is 2.28. The van der Waals surface area contributed by atoms with E-state index in [0.29, 0.717) is 12.0 Å². The fourth-order valence-electron chi connectivity index (χ4n) is 2.26. The van der Waals surface area contributed by atoms with Crippen molar-refractivity contribution in [1.82, 2.24) is 14.9 Å². The second kappa shape index (κ2) is 5.18. The summed E-state index contributed by atoms with van der Waals surface area (Å²) in [6.45, 7) is 5.38. The van der Waals surface area contributed by atoms with Crippen LogP contribution in [-0.2, 0) is 0 Å². The van der Waals surface area contributed by atoms with E-state index in [1.807, 2.05) is 0 Å². The Morgan fingerprint density at radius 2 is 2.24 bits per heavy atom. The van der Waals surface area contributed by atoms with Crippen LogP contribution in [0, 0.1) is 0 Å². The Morgan fingerprint density at radius 1 is 1.47 bits per heavy atom. The largest absolute Gasteiger partial charge is 0.368 e. The van der Waals surface area contributed by atoms with Crippen LogP contribution in [0.3, 0.4) is 0 Å². The van der Waals surface area contributed by atoms with Crippen LogP contribution in [-0.4, -0.2) is 47.6 Å². The fraction of sp³-hybridized carbons (Fsp3) is 0.636. The van der Waals surface area contributed by atoms with E-state index in [1.54, 1.807) is 6.20 Å². The quantitative estimate of drug-likeness (QED) is 0.848. The highest BCUT2D eigenvalue weighted by Gasteiger charge is 2.22. The van der Waals surface area contributed by atoms with Gasteiger partial charge in [-0.3, -0.25) is 0 Å². The molecule has 2 N–H and O–H groups in total. The van der Waals surface area contributed by atoms with Crippen molar-refractivity contribution in [2.75, 3.05) is 37.3 Å². The van der Waals surface area contributed by atoms with E-state index in [4.69, 9.17) is 5.73 Å². The summed E-state index contributed by atoms with van der Waals surface area (Å²) in [5, 5.41) is 0. The zero-order valence-corrected chi connectivity index (χ0v) is 11.8. The number of nitrogen functional groups attached to an aromatic ring is 1. The van der Waals surface area contributed by atoms with Gasteiger partial charge in [-0.15, -0.1) is 0 Å². The standard InChI is InChI=1S/C11H18BrN5/c1-8-7-16(2)4-3-5-17(8)10-9(12)6-14-11(13)15-10/h6,8H,3-5,7H2,1-2H3,(H2,13,14,15). The molecule has 1 fully saturated rings. The Bertz CT molecular complexity index is 397. The first-order valence-corrected chi connectivity index (χ1v) is 6.60. The van der Waals surface area contributed by atoms with Gasteiger partial charge in [-0.25, -0.2) is 4.98 Å². The number of hydrogen-bond acceptors (Lipinski definition) is 5. The first-order valence-electron chi connectivity index (χ1n) is 5.81. The van der Waals surface area contributed by atoms with Crippen molar-refractivity contribution in [2.45, 2.75) is 19.4 Å². The highest BCUT2D eigenvalue weighted by molar-refractivity contribution is 9.10. The summed E-state index contributed by atoms with van der Waals surface area (Å²) >= 11 is 3.50. The molecular formula is C11H18BrN5. The monoisotopic (exact) mass is 299 g/mol. The molecule has 0 bridgehead atoms. The van der Waals surface area contributed by atoms with E-state index in [0.717, 1.165) is 36.3 Å². The molecule has 5 nitrogen and oxygen atoms in total. The number of anilines is 2. The predicted octanol–water partition coefficient (Wildman–Crippen LogP) is 1.35. The molecule has 0 radical (unpaired) electrons. The molecular weight excluding hydrogens is 282 g/mol. The summed E-state index contributed by atoms with van der Waals surface area (Å²) in [5.41, 5.74) is 5.67. The molecule has 0 aliphatic carbocycles. The molecule has 1 atom stereocenters. The van der Waals surface area contributed by atoms with Crippen LogP contribution in [0.15, 0.2) is 10.7 Å². The number of nitrogens with zero attached hydrogens (tertiary/aromatic N) is 4. The number of rotatable bonds is 1. The van der Waals surface area contributed by atoms with Crippen LogP contribution in [0.1, 0.15) is 13.3 Å². The molecule has 1 aromatic heterocycles. The van der Waals surface area contributed by atoms with Gasteiger partial charge in [-0.05, 0) is 42.9 Å². The van der Waals surface area contributed by atoms with E-state index in [1.165, 1.54) is 0 Å². The summed E-state index contributed by atoms with van der Waals surface area (Å²) in [7, 11) is 2.16. The Morgan fingerprint density at radius 3 is 3.00 bits per heavy atom. The van der Waals surface area contributed by atoms with Crippen molar-refractivity contribution < 1.29 is 0 Å². The van der Waals surface area contributed by atoms with Gasteiger partial charge in [-0.1, -0.05) is 0 Å². The summed E-state index contributed by atoms with van der Waals surface area (Å²) in [6, 6.07) is 0.424. The normalized spacial score (nSPS) is 22.5. The van der Waals surface area contributed by atoms with Crippen molar-refractivity contribution in [1.29, 1.82) is 0 Å². The van der Waals surface area contributed by atoms with Crippen molar-refractivity contribution >= 4 is 27.7 Å². The summed E-state index contributed by atoms with van der Waals surface area (Å²) < 4.78 is 0.906. The van der Waals surface area contributed by atoms with Crippen LogP contribution in [0.5, 0.6) is 0 Å². The Labute approximate surface area is 110 Å². The molecule has 1 aliphatic rings. The highest BCUT2D eigenvalue weighted by atomic mass is 79.9. The molecule has 1 aliphatic heterocycles. The van der Waals surface area contributed by atoms with E-state index >= 15 is 0 Å². The lowest BCUT2D eigenvalue weighted by Gasteiger charge is -2.29. The SMILES string of the molecule is CC1CN(C)CCCN1c1nc(N)ncc1Br. The topological polar surface area (TPSA) is 58.3 Å². The molecule has 1 saturated heterocycles. The van der Waals surface area contributed by atoms with Gasteiger partial charge in [0, 0.05) is 25.3 Å². The number of halogens is 1. The van der Waals surface area contributed by atoms with Crippen molar-refractivity contribution in [3.63, 3.8) is 0 Å². The second-order valence-corrected chi connectivity index (χ2v) is 5.41. The molecule has 0 aromatic carbocycles. The molecule has 0 amide bonds. The highest BCUT2D eigenvalue weighted by Crippen LogP contribution is 2.26. The average Bonchev–Trinajstić information content (AvgIpc) is 2.43. The number of hydrogen-bond donors (Lipinski definition) is 1. The van der Waals surface area contributed by atoms with Crippen molar-refractivity contribution in [3.05, 3.63) is 10.7 Å². The maximum absolute atomic E-state index is 5.67. The van der Waals surface area contributed by atoms with Gasteiger partial charge in [0.05, 0.1) is 4.47 Å². The lowest BCUT2D eigenvalue weighted by molar-refractivity contribution is 0.337. The van der Waals surface area contributed by atoms with Crippen LogP contribution in [0.4, 0.5) is 11.8 Å². The van der Waals surface area contributed by atoms with Gasteiger partial charge >= 0.3 is 0 Å². The minimum atomic E-state index is 0.327. The maximum Gasteiger partial charge on any atom is 0.222 e.